The summed E-state index contributed by atoms with van der Waals surface area (Å²) in [6, 6.07) is 0. The van der Waals surface area contributed by atoms with Gasteiger partial charge in [-0.1, -0.05) is 39.3 Å². The number of hydrogen-bond donors (Lipinski definition) is 7. The van der Waals surface area contributed by atoms with Crippen LogP contribution in [0.1, 0.15) is 86.0 Å². The fourth-order valence-corrected chi connectivity index (χ4v) is 12.5. The first kappa shape index (κ1) is 38.1. The van der Waals surface area contributed by atoms with E-state index in [1.54, 1.807) is 0 Å². The van der Waals surface area contributed by atoms with E-state index in [4.69, 9.17) is 28.4 Å². The summed E-state index contributed by atoms with van der Waals surface area (Å²) in [4.78, 5) is 0. The van der Waals surface area contributed by atoms with E-state index < -0.39 is 73.3 Å². The molecule has 7 N–H and O–H groups in total. The number of ether oxygens (including phenoxy) is 6. The van der Waals surface area contributed by atoms with Crippen molar-refractivity contribution in [3.05, 3.63) is 11.6 Å². The zero-order valence-electron chi connectivity index (χ0n) is 31.2. The van der Waals surface area contributed by atoms with Crippen molar-refractivity contribution in [2.45, 2.75) is 171 Å². The van der Waals surface area contributed by atoms with E-state index in [9.17, 15) is 35.7 Å². The van der Waals surface area contributed by atoms with Crippen LogP contribution < -0.4 is 0 Å². The van der Waals surface area contributed by atoms with Crippen molar-refractivity contribution in [2.75, 3.05) is 13.2 Å². The van der Waals surface area contributed by atoms with Crippen molar-refractivity contribution in [1.82, 2.24) is 0 Å². The Balaban J connectivity index is 0.923. The Morgan fingerprint density at radius 2 is 1.50 bits per heavy atom. The predicted molar refractivity (Wildman–Crippen MR) is 183 cm³/mol. The van der Waals surface area contributed by atoms with Gasteiger partial charge in [-0.25, -0.2) is 0 Å². The molecule has 0 radical (unpaired) electrons. The molecule has 0 aromatic rings. The Morgan fingerprint density at radius 3 is 2.23 bits per heavy atom. The normalized spacial score (nSPS) is 58.9. The maximum Gasteiger partial charge on any atom is 0.186 e. The summed E-state index contributed by atoms with van der Waals surface area (Å²) in [7, 11) is 0. The number of fused-ring (bicyclic) bond motifs is 7. The SMILES string of the molecule is C[C@@H]1CC[C@@]2(OC1)O[C@H]1[C@H](O)[C@H]3[C@@H]4CC=C5C[C@@H](O[C@@H]6O[C@H](CO[C@@H]7O[C@H](C)[C@@H](O)[C@H](O)[C@@H]7O)[C@@H](O)[C@H](O)[C@H]6O)CC[C@]5(C)[C@H]4CC[C@]3(C)[C@H]1[C@@H]2C. The Hall–Kier alpha value is -0.780. The zero-order chi connectivity index (χ0) is 37.1. The number of aliphatic hydroxyl groups excluding tert-OH is 7. The maximum atomic E-state index is 12.1. The zero-order valence-corrected chi connectivity index (χ0v) is 31.2. The van der Waals surface area contributed by atoms with Crippen LogP contribution in [0.15, 0.2) is 11.6 Å². The monoisotopic (exact) mass is 738 g/mol. The van der Waals surface area contributed by atoms with Gasteiger partial charge >= 0.3 is 0 Å². The predicted octanol–water partition coefficient (Wildman–Crippen LogP) is 1.36. The number of allylic oxidation sites excluding steroid dienone is 1. The van der Waals surface area contributed by atoms with Crippen molar-refractivity contribution >= 4 is 0 Å². The standard InChI is InChI=1S/C39H62O13/c1-17-8-13-39(48-15-17)18(2)25-34(52-39)29(42)26-22-7-6-20-14-21(9-11-37(20,4)23(22)10-12-38(25,26)5)50-36-33(46)31(44)28(41)24(51-36)16-47-35-32(45)30(43)27(40)19(3)49-35/h6,17-19,21-36,40-46H,7-16H2,1-5H3/t17-,18+,19-,21+,22-,23+,24-,25+,26-,27-,28-,29-,30+,31+,32+,33-,34-,35-,36-,37+,38-,39-/m1/s1. The molecule has 8 aliphatic rings. The minimum atomic E-state index is -1.57. The average molecular weight is 739 g/mol. The van der Waals surface area contributed by atoms with E-state index in [2.05, 4.69) is 33.8 Å². The van der Waals surface area contributed by atoms with Crippen LogP contribution in [-0.2, 0) is 28.4 Å². The highest BCUT2D eigenvalue weighted by molar-refractivity contribution is 5.27. The quantitative estimate of drug-likeness (QED) is 0.200. The van der Waals surface area contributed by atoms with Crippen LogP contribution in [0.5, 0.6) is 0 Å². The molecule has 22 atom stereocenters. The van der Waals surface area contributed by atoms with Gasteiger partial charge in [-0.15, -0.1) is 0 Å². The van der Waals surface area contributed by atoms with Crippen LogP contribution in [0.3, 0.4) is 0 Å². The molecule has 0 aromatic carbocycles. The van der Waals surface area contributed by atoms with E-state index in [1.165, 1.54) is 12.5 Å². The molecule has 7 fully saturated rings. The second-order valence-electron chi connectivity index (χ2n) is 18.4. The molecule has 13 heteroatoms. The van der Waals surface area contributed by atoms with Crippen LogP contribution >= 0.6 is 0 Å². The van der Waals surface area contributed by atoms with E-state index in [1.807, 2.05) is 0 Å². The minimum Gasteiger partial charge on any atom is -0.390 e. The molecular weight excluding hydrogens is 676 g/mol. The number of rotatable bonds is 5. The van der Waals surface area contributed by atoms with Gasteiger partial charge in [0, 0.05) is 18.3 Å². The van der Waals surface area contributed by atoms with Crippen LogP contribution in [-0.4, -0.2) is 134 Å². The summed E-state index contributed by atoms with van der Waals surface area (Å²) < 4.78 is 36.7. The molecule has 0 aromatic heterocycles. The highest BCUT2D eigenvalue weighted by atomic mass is 16.7. The third-order valence-electron chi connectivity index (χ3n) is 15.6. The third-order valence-corrected chi connectivity index (χ3v) is 15.6. The molecule has 0 amide bonds. The van der Waals surface area contributed by atoms with Gasteiger partial charge < -0.3 is 64.2 Å². The highest BCUT2D eigenvalue weighted by Crippen LogP contribution is 2.70. The fraction of sp³-hybridized carbons (Fsp3) is 0.949. The van der Waals surface area contributed by atoms with E-state index >= 15 is 0 Å². The lowest BCUT2D eigenvalue weighted by molar-refractivity contribution is -0.334. The molecule has 4 aliphatic carbocycles. The van der Waals surface area contributed by atoms with Gasteiger partial charge in [0.05, 0.1) is 37.6 Å². The number of hydrogen-bond acceptors (Lipinski definition) is 13. The topological polar surface area (TPSA) is 197 Å². The van der Waals surface area contributed by atoms with Gasteiger partial charge in [0.15, 0.2) is 18.4 Å². The fourth-order valence-electron chi connectivity index (χ4n) is 12.5. The van der Waals surface area contributed by atoms with Gasteiger partial charge in [0.2, 0.25) is 0 Å². The second kappa shape index (κ2) is 13.7. The Kier molecular flexibility index (Phi) is 10.0. The van der Waals surface area contributed by atoms with Crippen LogP contribution in [0.25, 0.3) is 0 Å². The Labute approximate surface area is 306 Å². The molecule has 1 spiro atoms. The molecule has 3 saturated carbocycles. The Morgan fingerprint density at radius 1 is 0.769 bits per heavy atom. The van der Waals surface area contributed by atoms with Crippen molar-refractivity contribution in [2.24, 2.45) is 46.3 Å². The first-order valence-electron chi connectivity index (χ1n) is 20.0. The summed E-state index contributed by atoms with van der Waals surface area (Å²) in [6.45, 7) is 11.2. The summed E-state index contributed by atoms with van der Waals surface area (Å²) in [5, 5.41) is 74.9. The maximum absolute atomic E-state index is 12.1. The van der Waals surface area contributed by atoms with E-state index in [0.717, 1.165) is 44.9 Å². The molecule has 4 saturated heterocycles. The second-order valence-corrected chi connectivity index (χ2v) is 18.4. The van der Waals surface area contributed by atoms with Crippen molar-refractivity contribution in [3.8, 4) is 0 Å². The van der Waals surface area contributed by atoms with Crippen LogP contribution in [0, 0.1) is 46.3 Å². The lowest BCUT2D eigenvalue weighted by atomic mass is 9.46. The first-order valence-corrected chi connectivity index (χ1v) is 20.0. The summed E-state index contributed by atoms with van der Waals surface area (Å²) in [5.74, 6) is 1.37. The largest absolute Gasteiger partial charge is 0.390 e. The van der Waals surface area contributed by atoms with Gasteiger partial charge in [0.25, 0.3) is 0 Å². The molecule has 8 rings (SSSR count). The van der Waals surface area contributed by atoms with Gasteiger partial charge in [0.1, 0.15) is 42.7 Å². The van der Waals surface area contributed by atoms with Crippen molar-refractivity contribution < 1.29 is 64.2 Å². The summed E-state index contributed by atoms with van der Waals surface area (Å²) in [6.07, 6.45) is -4.71. The molecule has 4 aliphatic heterocycles. The summed E-state index contributed by atoms with van der Waals surface area (Å²) in [5.41, 5.74) is 1.26. The molecule has 0 bridgehead atoms. The smallest absolute Gasteiger partial charge is 0.186 e. The third kappa shape index (κ3) is 5.82. The molecule has 13 nitrogen and oxygen atoms in total. The van der Waals surface area contributed by atoms with E-state index in [0.29, 0.717) is 30.8 Å². The van der Waals surface area contributed by atoms with Gasteiger partial charge in [-0.05, 0) is 86.4 Å². The average Bonchev–Trinajstić information content (AvgIpc) is 3.53. The molecule has 0 unspecified atom stereocenters. The molecule has 4 heterocycles. The number of aliphatic hydroxyl groups is 7. The minimum absolute atomic E-state index is 0.0246. The highest BCUT2D eigenvalue weighted by Gasteiger charge is 2.72. The van der Waals surface area contributed by atoms with Crippen molar-refractivity contribution in [3.63, 3.8) is 0 Å². The lowest BCUT2D eigenvalue weighted by Crippen LogP contribution is -2.61. The molecule has 296 valence electrons. The molecular formula is C39H62O13. The van der Waals surface area contributed by atoms with E-state index in [-0.39, 0.29) is 47.4 Å². The van der Waals surface area contributed by atoms with Crippen molar-refractivity contribution in [1.29, 1.82) is 0 Å². The Bertz CT molecular complexity index is 1340. The summed E-state index contributed by atoms with van der Waals surface area (Å²) >= 11 is 0. The lowest BCUT2D eigenvalue weighted by Gasteiger charge is -2.59. The van der Waals surface area contributed by atoms with Crippen LogP contribution in [0.4, 0.5) is 0 Å². The first-order chi connectivity index (χ1) is 24.6. The van der Waals surface area contributed by atoms with Crippen LogP contribution in [0.2, 0.25) is 0 Å². The van der Waals surface area contributed by atoms with Gasteiger partial charge in [-0.2, -0.15) is 0 Å². The van der Waals surface area contributed by atoms with Gasteiger partial charge in [-0.3, -0.25) is 0 Å². The molecule has 52 heavy (non-hydrogen) atoms.